The zero-order chi connectivity index (χ0) is 12.8. The largest absolute Gasteiger partial charge is 0.296 e. The molecule has 0 N–H and O–H groups in total. The van der Waals surface area contributed by atoms with Crippen molar-refractivity contribution in [2.24, 2.45) is 0 Å². The molecule has 0 bridgehead atoms. The number of benzene rings is 1. The second kappa shape index (κ2) is 6.55. The molecule has 17 heavy (non-hydrogen) atoms. The van der Waals surface area contributed by atoms with Gasteiger partial charge in [0.05, 0.1) is 6.54 Å². The van der Waals surface area contributed by atoms with Gasteiger partial charge in [-0.15, -0.1) is 0 Å². The van der Waals surface area contributed by atoms with Crippen molar-refractivity contribution in [3.05, 3.63) is 35.4 Å². The first-order valence-electron chi connectivity index (χ1n) is 6.34. The Balaban J connectivity index is 2.60. The van der Waals surface area contributed by atoms with Gasteiger partial charge in [-0.3, -0.25) is 9.69 Å². The molecule has 0 aliphatic rings. The summed E-state index contributed by atoms with van der Waals surface area (Å²) in [7, 11) is 2.02. The molecule has 0 aliphatic heterocycles. The Morgan fingerprint density at radius 3 is 2.71 bits per heavy atom. The van der Waals surface area contributed by atoms with Crippen molar-refractivity contribution >= 4 is 5.78 Å². The normalized spacial score (nSPS) is 12.8. The van der Waals surface area contributed by atoms with E-state index in [1.165, 1.54) is 0 Å². The minimum Gasteiger partial charge on any atom is -0.296 e. The number of likely N-dealkylation sites (N-methyl/N-ethyl adjacent to an activating group) is 1. The highest BCUT2D eigenvalue weighted by molar-refractivity contribution is 5.97. The molecule has 1 rings (SSSR count). The number of aryl methyl sites for hydroxylation is 1. The molecule has 0 saturated heterocycles. The van der Waals surface area contributed by atoms with E-state index in [1.54, 1.807) is 0 Å². The van der Waals surface area contributed by atoms with Crippen LogP contribution in [0.2, 0.25) is 0 Å². The predicted octanol–water partition coefficient (Wildman–Crippen LogP) is 3.30. The summed E-state index contributed by atoms with van der Waals surface area (Å²) in [6, 6.07) is 8.28. The van der Waals surface area contributed by atoms with Gasteiger partial charge in [0.15, 0.2) is 5.78 Å². The Morgan fingerprint density at radius 2 is 2.12 bits per heavy atom. The molecule has 1 atom stereocenters. The van der Waals surface area contributed by atoms with Crippen molar-refractivity contribution in [1.29, 1.82) is 0 Å². The Labute approximate surface area is 105 Å². The number of rotatable bonds is 6. The lowest BCUT2D eigenvalue weighted by atomic mass is 10.1. The molecule has 0 amide bonds. The quantitative estimate of drug-likeness (QED) is 0.703. The SMILES string of the molecule is CCCC(C)N(C)CC(=O)c1cccc(C)c1. The Bertz CT molecular complexity index is 373. The van der Waals surface area contributed by atoms with Crippen LogP contribution in [0.15, 0.2) is 24.3 Å². The first-order chi connectivity index (χ1) is 8.04. The first kappa shape index (κ1) is 13.9. The van der Waals surface area contributed by atoms with Crippen molar-refractivity contribution in [2.45, 2.75) is 39.7 Å². The lowest BCUT2D eigenvalue weighted by Gasteiger charge is -2.23. The van der Waals surface area contributed by atoms with Gasteiger partial charge >= 0.3 is 0 Å². The van der Waals surface area contributed by atoms with Gasteiger partial charge in [0.2, 0.25) is 0 Å². The van der Waals surface area contributed by atoms with E-state index in [9.17, 15) is 4.79 Å². The van der Waals surface area contributed by atoms with Gasteiger partial charge in [0, 0.05) is 11.6 Å². The maximum Gasteiger partial charge on any atom is 0.176 e. The fourth-order valence-electron chi connectivity index (χ4n) is 1.93. The predicted molar refractivity (Wildman–Crippen MR) is 72.5 cm³/mol. The molecular formula is C15H23NO. The van der Waals surface area contributed by atoms with Crippen LogP contribution in [0.1, 0.15) is 42.6 Å². The lowest BCUT2D eigenvalue weighted by Crippen LogP contribution is -2.33. The highest BCUT2D eigenvalue weighted by atomic mass is 16.1. The monoisotopic (exact) mass is 233 g/mol. The second-order valence-corrected chi connectivity index (χ2v) is 4.85. The molecule has 94 valence electrons. The van der Waals surface area contributed by atoms with E-state index in [2.05, 4.69) is 18.7 Å². The summed E-state index contributed by atoms with van der Waals surface area (Å²) in [6.45, 7) is 6.87. The third-order valence-corrected chi connectivity index (χ3v) is 3.19. The van der Waals surface area contributed by atoms with Crippen LogP contribution >= 0.6 is 0 Å². The fraction of sp³-hybridized carbons (Fsp3) is 0.533. The molecular weight excluding hydrogens is 210 g/mol. The van der Waals surface area contributed by atoms with E-state index < -0.39 is 0 Å². The number of carbonyl (C=O) groups is 1. The smallest absolute Gasteiger partial charge is 0.176 e. The van der Waals surface area contributed by atoms with Crippen molar-refractivity contribution in [1.82, 2.24) is 4.90 Å². The number of hydrogen-bond donors (Lipinski definition) is 0. The molecule has 0 spiro atoms. The first-order valence-corrected chi connectivity index (χ1v) is 6.34. The molecule has 1 aromatic carbocycles. The third-order valence-electron chi connectivity index (χ3n) is 3.19. The van der Waals surface area contributed by atoms with Gasteiger partial charge < -0.3 is 0 Å². The van der Waals surface area contributed by atoms with Crippen molar-refractivity contribution in [2.75, 3.05) is 13.6 Å². The molecule has 2 heteroatoms. The molecule has 0 aromatic heterocycles. The number of carbonyl (C=O) groups excluding carboxylic acids is 1. The summed E-state index contributed by atoms with van der Waals surface area (Å²) < 4.78 is 0. The van der Waals surface area contributed by atoms with Crippen LogP contribution < -0.4 is 0 Å². The fourth-order valence-corrected chi connectivity index (χ4v) is 1.93. The average molecular weight is 233 g/mol. The van der Waals surface area contributed by atoms with E-state index in [-0.39, 0.29) is 5.78 Å². The van der Waals surface area contributed by atoms with Crippen molar-refractivity contribution in [3.63, 3.8) is 0 Å². The number of hydrogen-bond acceptors (Lipinski definition) is 2. The van der Waals surface area contributed by atoms with E-state index in [0.717, 1.165) is 24.0 Å². The highest BCUT2D eigenvalue weighted by Gasteiger charge is 2.13. The highest BCUT2D eigenvalue weighted by Crippen LogP contribution is 2.08. The Kier molecular flexibility index (Phi) is 5.36. The maximum atomic E-state index is 12.1. The van der Waals surface area contributed by atoms with Crippen LogP contribution in [0, 0.1) is 6.92 Å². The van der Waals surface area contributed by atoms with Gasteiger partial charge in [-0.05, 0) is 33.4 Å². The minimum absolute atomic E-state index is 0.208. The maximum absolute atomic E-state index is 12.1. The standard InChI is InChI=1S/C15H23NO/c1-5-7-13(3)16(4)11-15(17)14-9-6-8-12(2)10-14/h6,8-10,13H,5,7,11H2,1-4H3. The van der Waals surface area contributed by atoms with Crippen LogP contribution in [-0.4, -0.2) is 30.3 Å². The van der Waals surface area contributed by atoms with Crippen molar-refractivity contribution < 1.29 is 4.79 Å². The summed E-state index contributed by atoms with van der Waals surface area (Å²) in [4.78, 5) is 14.2. The van der Waals surface area contributed by atoms with E-state index in [0.29, 0.717) is 12.6 Å². The molecule has 1 aromatic rings. The minimum atomic E-state index is 0.208. The van der Waals surface area contributed by atoms with Crippen LogP contribution in [0.3, 0.4) is 0 Å². The molecule has 0 heterocycles. The lowest BCUT2D eigenvalue weighted by molar-refractivity contribution is 0.0921. The molecule has 0 fully saturated rings. The second-order valence-electron chi connectivity index (χ2n) is 4.85. The summed E-state index contributed by atoms with van der Waals surface area (Å²) in [5.41, 5.74) is 1.96. The number of ketones is 1. The Morgan fingerprint density at radius 1 is 1.41 bits per heavy atom. The summed E-state index contributed by atoms with van der Waals surface area (Å²) >= 11 is 0. The molecule has 0 radical (unpaired) electrons. The van der Waals surface area contributed by atoms with E-state index in [4.69, 9.17) is 0 Å². The Hall–Kier alpha value is -1.15. The van der Waals surface area contributed by atoms with Gasteiger partial charge in [0.25, 0.3) is 0 Å². The molecule has 0 aliphatic carbocycles. The summed E-state index contributed by atoms with van der Waals surface area (Å²) in [6.07, 6.45) is 2.29. The zero-order valence-electron chi connectivity index (χ0n) is 11.4. The van der Waals surface area contributed by atoms with Gasteiger partial charge in [-0.2, -0.15) is 0 Å². The summed E-state index contributed by atoms with van der Waals surface area (Å²) in [5.74, 6) is 0.208. The molecule has 0 saturated carbocycles. The summed E-state index contributed by atoms with van der Waals surface area (Å²) in [5, 5.41) is 0. The van der Waals surface area contributed by atoms with Gasteiger partial charge in [-0.1, -0.05) is 37.1 Å². The van der Waals surface area contributed by atoms with Gasteiger partial charge in [0.1, 0.15) is 0 Å². The third kappa shape index (κ3) is 4.31. The van der Waals surface area contributed by atoms with Crippen LogP contribution in [0.25, 0.3) is 0 Å². The zero-order valence-corrected chi connectivity index (χ0v) is 11.4. The number of nitrogens with zero attached hydrogens (tertiary/aromatic N) is 1. The van der Waals surface area contributed by atoms with Crippen LogP contribution in [-0.2, 0) is 0 Å². The topological polar surface area (TPSA) is 20.3 Å². The van der Waals surface area contributed by atoms with E-state index in [1.807, 2.05) is 38.2 Å². The molecule has 1 unspecified atom stereocenters. The van der Waals surface area contributed by atoms with Crippen molar-refractivity contribution in [3.8, 4) is 0 Å². The van der Waals surface area contributed by atoms with Crippen LogP contribution in [0.4, 0.5) is 0 Å². The number of Topliss-reactive ketones (excluding diaryl/α,β-unsaturated/α-hetero) is 1. The average Bonchev–Trinajstić information content (AvgIpc) is 2.29. The van der Waals surface area contributed by atoms with E-state index >= 15 is 0 Å². The van der Waals surface area contributed by atoms with Gasteiger partial charge in [-0.25, -0.2) is 0 Å². The van der Waals surface area contributed by atoms with Crippen LogP contribution in [0.5, 0.6) is 0 Å². The molecule has 2 nitrogen and oxygen atoms in total.